The van der Waals surface area contributed by atoms with E-state index in [0.29, 0.717) is 24.5 Å². The highest BCUT2D eigenvalue weighted by atomic mass is 16.5. The van der Waals surface area contributed by atoms with Gasteiger partial charge in [-0.2, -0.15) is 0 Å². The van der Waals surface area contributed by atoms with Gasteiger partial charge in [-0.05, 0) is 25.5 Å². The minimum absolute atomic E-state index is 0.172. The van der Waals surface area contributed by atoms with E-state index in [-0.39, 0.29) is 12.3 Å². The zero-order valence-corrected chi connectivity index (χ0v) is 10.1. The van der Waals surface area contributed by atoms with Crippen molar-refractivity contribution in [3.05, 3.63) is 24.3 Å². The average Bonchev–Trinajstić information content (AvgIpc) is 2.72. The molecule has 1 aromatic carbocycles. The number of hydrogen-bond acceptors (Lipinski definition) is 3. The van der Waals surface area contributed by atoms with E-state index in [9.17, 15) is 9.59 Å². The van der Waals surface area contributed by atoms with Crippen LogP contribution in [0.25, 0.3) is 0 Å². The number of para-hydroxylation sites is 2. The lowest BCUT2D eigenvalue weighted by Gasteiger charge is -2.23. The van der Waals surface area contributed by atoms with Crippen molar-refractivity contribution in [1.29, 1.82) is 0 Å². The smallest absolute Gasteiger partial charge is 0.326 e. The first kappa shape index (κ1) is 12.4. The maximum Gasteiger partial charge on any atom is 0.326 e. The monoisotopic (exact) mass is 249 g/mol. The lowest BCUT2D eigenvalue weighted by molar-refractivity contribution is -0.138. The second-order valence-electron chi connectivity index (χ2n) is 4.06. The second-order valence-corrected chi connectivity index (χ2v) is 4.06. The van der Waals surface area contributed by atoms with E-state index in [4.69, 9.17) is 9.84 Å². The van der Waals surface area contributed by atoms with Crippen LogP contribution in [0.1, 0.15) is 19.8 Å². The summed E-state index contributed by atoms with van der Waals surface area (Å²) >= 11 is 0. The Kier molecular flexibility index (Phi) is 3.50. The highest BCUT2D eigenvalue weighted by Crippen LogP contribution is 2.34. The van der Waals surface area contributed by atoms with E-state index in [2.05, 4.69) is 0 Å². The van der Waals surface area contributed by atoms with Crippen molar-refractivity contribution < 1.29 is 19.4 Å². The lowest BCUT2D eigenvalue weighted by Crippen LogP contribution is -2.38. The van der Waals surface area contributed by atoms with Crippen molar-refractivity contribution in [1.82, 2.24) is 0 Å². The van der Waals surface area contributed by atoms with E-state index >= 15 is 0 Å². The topological polar surface area (TPSA) is 66.8 Å². The molecule has 0 aliphatic carbocycles. The summed E-state index contributed by atoms with van der Waals surface area (Å²) in [6.07, 6.45) is 0.603. The van der Waals surface area contributed by atoms with Gasteiger partial charge in [-0.25, -0.2) is 4.79 Å². The maximum atomic E-state index is 11.9. The van der Waals surface area contributed by atoms with Gasteiger partial charge >= 0.3 is 5.97 Å². The quantitative estimate of drug-likeness (QED) is 0.881. The van der Waals surface area contributed by atoms with Gasteiger partial charge < -0.3 is 9.84 Å². The number of hydrogen-bond donors (Lipinski definition) is 1. The van der Waals surface area contributed by atoms with Crippen LogP contribution >= 0.6 is 0 Å². The summed E-state index contributed by atoms with van der Waals surface area (Å²) in [6.45, 7) is 2.31. The molecule has 1 unspecified atom stereocenters. The summed E-state index contributed by atoms with van der Waals surface area (Å²) < 4.78 is 5.44. The van der Waals surface area contributed by atoms with Gasteiger partial charge in [0.05, 0.1) is 12.3 Å². The molecular formula is C13H15NO4. The summed E-state index contributed by atoms with van der Waals surface area (Å²) in [5, 5.41) is 9.15. The van der Waals surface area contributed by atoms with Crippen LogP contribution in [-0.4, -0.2) is 29.6 Å². The van der Waals surface area contributed by atoms with E-state index in [1.807, 2.05) is 6.92 Å². The number of carbonyl (C=O) groups excluding carboxylic acids is 1. The molecule has 18 heavy (non-hydrogen) atoms. The Bertz CT molecular complexity index is 472. The Labute approximate surface area is 105 Å². The highest BCUT2D eigenvalue weighted by Gasteiger charge is 2.38. The molecule has 0 bridgehead atoms. The first-order valence-electron chi connectivity index (χ1n) is 5.92. The minimum Gasteiger partial charge on any atom is -0.492 e. The molecule has 1 N–H and O–H groups in total. The zero-order valence-electron chi connectivity index (χ0n) is 10.1. The molecule has 5 heteroatoms. The summed E-state index contributed by atoms with van der Waals surface area (Å²) in [4.78, 5) is 24.3. The van der Waals surface area contributed by atoms with Crippen LogP contribution in [-0.2, 0) is 9.59 Å². The Hall–Kier alpha value is -2.04. The van der Waals surface area contributed by atoms with Crippen molar-refractivity contribution in [2.24, 2.45) is 0 Å². The summed E-state index contributed by atoms with van der Waals surface area (Å²) in [5.74, 6) is -0.608. The lowest BCUT2D eigenvalue weighted by atomic mass is 10.2. The van der Waals surface area contributed by atoms with Gasteiger partial charge in [0.25, 0.3) is 0 Å². The van der Waals surface area contributed by atoms with Crippen molar-refractivity contribution in [3.63, 3.8) is 0 Å². The number of nitrogens with zero attached hydrogens (tertiary/aromatic N) is 1. The van der Waals surface area contributed by atoms with Crippen LogP contribution in [0.4, 0.5) is 5.69 Å². The predicted octanol–water partition coefficient (Wildman–Crippen LogP) is 1.67. The molecule has 0 radical (unpaired) electrons. The van der Waals surface area contributed by atoms with Crippen molar-refractivity contribution in [2.45, 2.75) is 25.8 Å². The summed E-state index contributed by atoms with van der Waals surface area (Å²) in [7, 11) is 0. The van der Waals surface area contributed by atoms with Crippen molar-refractivity contribution in [2.75, 3.05) is 11.5 Å². The van der Waals surface area contributed by atoms with E-state index in [0.717, 1.165) is 0 Å². The third kappa shape index (κ3) is 2.16. The van der Waals surface area contributed by atoms with Crippen LogP contribution in [0, 0.1) is 0 Å². The zero-order chi connectivity index (χ0) is 13.1. The molecule has 1 amide bonds. The summed E-state index contributed by atoms with van der Waals surface area (Å²) in [5.41, 5.74) is 0.536. The van der Waals surface area contributed by atoms with Crippen LogP contribution in [0.2, 0.25) is 0 Å². The fraction of sp³-hybridized carbons (Fsp3) is 0.385. The largest absolute Gasteiger partial charge is 0.492 e. The molecular weight excluding hydrogens is 234 g/mol. The van der Waals surface area contributed by atoms with Gasteiger partial charge in [-0.15, -0.1) is 0 Å². The van der Waals surface area contributed by atoms with Crippen LogP contribution in [0.5, 0.6) is 5.75 Å². The van der Waals surface area contributed by atoms with Crippen molar-refractivity contribution in [3.8, 4) is 5.75 Å². The van der Waals surface area contributed by atoms with E-state index < -0.39 is 12.0 Å². The molecule has 1 saturated heterocycles. The van der Waals surface area contributed by atoms with Gasteiger partial charge in [-0.3, -0.25) is 9.69 Å². The first-order chi connectivity index (χ1) is 8.65. The first-order valence-corrected chi connectivity index (χ1v) is 5.92. The standard InChI is InChI=1S/C13H15NO4/c1-2-18-11-6-4-3-5-9(11)14-10(13(16)17)7-8-12(14)15/h3-6,10H,2,7-8H2,1H3,(H,16,17). The van der Waals surface area contributed by atoms with E-state index in [1.165, 1.54) is 4.90 Å². The number of aliphatic carboxylic acids is 1. The fourth-order valence-electron chi connectivity index (χ4n) is 2.15. The molecule has 1 aliphatic heterocycles. The molecule has 5 nitrogen and oxygen atoms in total. The SMILES string of the molecule is CCOc1ccccc1N1C(=O)CCC1C(=O)O. The number of benzene rings is 1. The third-order valence-corrected chi connectivity index (χ3v) is 2.92. The normalized spacial score (nSPS) is 19.1. The van der Waals surface area contributed by atoms with Gasteiger partial charge in [0, 0.05) is 6.42 Å². The Morgan fingerprint density at radius 2 is 2.22 bits per heavy atom. The molecule has 0 aromatic heterocycles. The molecule has 96 valence electrons. The van der Waals surface area contributed by atoms with Gasteiger partial charge in [0.2, 0.25) is 5.91 Å². The highest BCUT2D eigenvalue weighted by molar-refractivity contribution is 6.03. The molecule has 1 atom stereocenters. The number of carboxylic acids is 1. The Morgan fingerprint density at radius 3 is 2.89 bits per heavy atom. The third-order valence-electron chi connectivity index (χ3n) is 2.92. The average molecular weight is 249 g/mol. The fourth-order valence-corrected chi connectivity index (χ4v) is 2.15. The molecule has 1 heterocycles. The molecule has 1 aliphatic rings. The number of carbonyl (C=O) groups is 2. The van der Waals surface area contributed by atoms with E-state index in [1.54, 1.807) is 24.3 Å². The maximum absolute atomic E-state index is 11.9. The number of ether oxygens (including phenoxy) is 1. The van der Waals surface area contributed by atoms with Gasteiger partial charge in [-0.1, -0.05) is 12.1 Å². The van der Waals surface area contributed by atoms with Gasteiger partial charge in [0.15, 0.2) is 0 Å². The molecule has 0 saturated carbocycles. The molecule has 2 rings (SSSR count). The Morgan fingerprint density at radius 1 is 1.50 bits per heavy atom. The number of anilines is 1. The summed E-state index contributed by atoms with van der Waals surface area (Å²) in [6, 6.07) is 6.22. The van der Waals surface area contributed by atoms with Crippen LogP contribution in [0.3, 0.4) is 0 Å². The van der Waals surface area contributed by atoms with Crippen LogP contribution < -0.4 is 9.64 Å². The Balaban J connectivity index is 2.39. The number of amides is 1. The molecule has 1 aromatic rings. The molecule has 0 spiro atoms. The van der Waals surface area contributed by atoms with Crippen LogP contribution in [0.15, 0.2) is 24.3 Å². The number of carboxylic acid groups (broad SMARTS) is 1. The second kappa shape index (κ2) is 5.08. The van der Waals surface area contributed by atoms with Gasteiger partial charge in [0.1, 0.15) is 11.8 Å². The number of rotatable bonds is 4. The molecule has 1 fully saturated rings. The minimum atomic E-state index is -0.979. The van der Waals surface area contributed by atoms with Crippen molar-refractivity contribution >= 4 is 17.6 Å². The predicted molar refractivity (Wildman–Crippen MR) is 65.8 cm³/mol.